The first-order valence-electron chi connectivity index (χ1n) is 6.54. The van der Waals surface area contributed by atoms with Gasteiger partial charge >= 0.3 is 5.97 Å². The van der Waals surface area contributed by atoms with E-state index in [1.165, 1.54) is 0 Å². The van der Waals surface area contributed by atoms with E-state index in [0.717, 1.165) is 43.1 Å². The molecule has 1 aliphatic heterocycles. The third-order valence-electron chi connectivity index (χ3n) is 3.34. The number of hydrogen-bond acceptors (Lipinski definition) is 3. The summed E-state index contributed by atoms with van der Waals surface area (Å²) in [6.45, 7) is 2.42. The molecule has 19 heavy (non-hydrogen) atoms. The Bertz CT molecular complexity index is 470. The summed E-state index contributed by atoms with van der Waals surface area (Å²) in [5, 5.41) is 18.4. The van der Waals surface area contributed by atoms with E-state index in [2.05, 4.69) is 4.90 Å². The van der Waals surface area contributed by atoms with Crippen LogP contribution in [0.25, 0.3) is 6.08 Å². The Hall–Kier alpha value is -1.65. The van der Waals surface area contributed by atoms with Gasteiger partial charge in [0.05, 0.1) is 6.10 Å². The van der Waals surface area contributed by atoms with Crippen molar-refractivity contribution in [3.8, 4) is 0 Å². The van der Waals surface area contributed by atoms with Crippen LogP contribution in [0.3, 0.4) is 0 Å². The molecule has 0 aromatic heterocycles. The highest BCUT2D eigenvalue weighted by Gasteiger charge is 2.18. The van der Waals surface area contributed by atoms with E-state index < -0.39 is 5.97 Å². The zero-order valence-corrected chi connectivity index (χ0v) is 10.8. The number of rotatable bonds is 4. The molecule has 0 radical (unpaired) electrons. The van der Waals surface area contributed by atoms with Crippen LogP contribution in [0.1, 0.15) is 24.0 Å². The van der Waals surface area contributed by atoms with Gasteiger partial charge in [0.25, 0.3) is 0 Å². The van der Waals surface area contributed by atoms with Crippen LogP contribution in [0.5, 0.6) is 0 Å². The van der Waals surface area contributed by atoms with E-state index in [1.807, 2.05) is 24.3 Å². The van der Waals surface area contributed by atoms with Gasteiger partial charge in [0.1, 0.15) is 0 Å². The van der Waals surface area contributed by atoms with Crippen molar-refractivity contribution < 1.29 is 15.0 Å². The normalized spacial score (nSPS) is 20.8. The Morgan fingerprint density at radius 1 is 1.42 bits per heavy atom. The van der Waals surface area contributed by atoms with E-state index in [-0.39, 0.29) is 6.10 Å². The van der Waals surface area contributed by atoms with Crippen molar-refractivity contribution in [3.63, 3.8) is 0 Å². The van der Waals surface area contributed by atoms with E-state index in [4.69, 9.17) is 5.11 Å². The molecule has 1 aliphatic rings. The fraction of sp³-hybridized carbons (Fsp3) is 0.400. The van der Waals surface area contributed by atoms with Crippen LogP contribution in [0.2, 0.25) is 0 Å². The van der Waals surface area contributed by atoms with Crippen LogP contribution >= 0.6 is 0 Å². The first-order chi connectivity index (χ1) is 9.15. The number of carboxylic acid groups (broad SMARTS) is 1. The van der Waals surface area contributed by atoms with Gasteiger partial charge in [0.2, 0.25) is 0 Å². The van der Waals surface area contributed by atoms with Gasteiger partial charge < -0.3 is 10.2 Å². The topological polar surface area (TPSA) is 60.8 Å². The molecule has 1 unspecified atom stereocenters. The second kappa shape index (κ2) is 6.50. The molecular formula is C15H19NO3. The molecule has 102 valence electrons. The number of nitrogens with zero attached hydrogens (tertiary/aromatic N) is 1. The summed E-state index contributed by atoms with van der Waals surface area (Å²) in [5.74, 6) is -0.941. The highest BCUT2D eigenvalue weighted by atomic mass is 16.4. The van der Waals surface area contributed by atoms with Crippen molar-refractivity contribution in [1.29, 1.82) is 0 Å². The first kappa shape index (κ1) is 13.8. The van der Waals surface area contributed by atoms with Crippen LogP contribution in [-0.4, -0.2) is 40.3 Å². The molecular weight excluding hydrogens is 242 g/mol. The Labute approximate surface area is 113 Å². The number of aliphatic hydroxyl groups excluding tert-OH is 1. The van der Waals surface area contributed by atoms with Crippen LogP contribution in [0.4, 0.5) is 0 Å². The molecule has 0 aliphatic carbocycles. The van der Waals surface area contributed by atoms with Gasteiger partial charge in [-0.2, -0.15) is 0 Å². The van der Waals surface area contributed by atoms with E-state index >= 15 is 0 Å². The zero-order valence-electron chi connectivity index (χ0n) is 10.8. The predicted molar refractivity (Wildman–Crippen MR) is 73.6 cm³/mol. The van der Waals surface area contributed by atoms with Crippen LogP contribution in [0, 0.1) is 0 Å². The number of benzene rings is 1. The molecule has 1 aromatic rings. The summed E-state index contributed by atoms with van der Waals surface area (Å²) in [5.41, 5.74) is 2.01. The lowest BCUT2D eigenvalue weighted by molar-refractivity contribution is -0.131. The highest BCUT2D eigenvalue weighted by molar-refractivity contribution is 5.85. The maximum Gasteiger partial charge on any atom is 0.328 e. The molecule has 0 amide bonds. The van der Waals surface area contributed by atoms with Crippen molar-refractivity contribution in [2.45, 2.75) is 25.5 Å². The van der Waals surface area contributed by atoms with Crippen molar-refractivity contribution >= 4 is 12.0 Å². The molecule has 1 saturated heterocycles. The van der Waals surface area contributed by atoms with Crippen LogP contribution in [0.15, 0.2) is 30.3 Å². The standard InChI is InChI=1S/C15H19NO3/c17-14-6-3-9-16(11-14)10-13-5-2-1-4-12(13)7-8-15(18)19/h1-2,4-5,7-8,14,17H,3,6,9-11H2,(H,18,19)/b8-7+. The second-order valence-electron chi connectivity index (χ2n) is 4.90. The smallest absolute Gasteiger partial charge is 0.328 e. The quantitative estimate of drug-likeness (QED) is 0.810. The molecule has 0 spiro atoms. The fourth-order valence-electron chi connectivity index (χ4n) is 2.42. The van der Waals surface area contributed by atoms with Gasteiger partial charge in [-0.1, -0.05) is 24.3 Å². The molecule has 1 heterocycles. The van der Waals surface area contributed by atoms with E-state index in [9.17, 15) is 9.90 Å². The molecule has 0 bridgehead atoms. The molecule has 2 N–H and O–H groups in total. The van der Waals surface area contributed by atoms with E-state index in [1.54, 1.807) is 6.08 Å². The molecule has 1 fully saturated rings. The van der Waals surface area contributed by atoms with Gasteiger partial charge in [0, 0.05) is 19.2 Å². The number of aliphatic carboxylic acids is 1. The summed E-state index contributed by atoms with van der Waals surface area (Å²) in [7, 11) is 0. The summed E-state index contributed by atoms with van der Waals surface area (Å²) in [6.07, 6.45) is 4.42. The molecule has 0 saturated carbocycles. The molecule has 2 rings (SSSR count). The number of β-amino-alcohol motifs (C(OH)–C–C–N with tert-alkyl or cyclic N) is 1. The van der Waals surface area contributed by atoms with Gasteiger partial charge in [-0.3, -0.25) is 4.90 Å². The first-order valence-corrected chi connectivity index (χ1v) is 6.54. The van der Waals surface area contributed by atoms with Gasteiger partial charge in [-0.05, 0) is 36.6 Å². The van der Waals surface area contributed by atoms with Crippen molar-refractivity contribution in [2.75, 3.05) is 13.1 Å². The monoisotopic (exact) mass is 261 g/mol. The minimum absolute atomic E-state index is 0.240. The Morgan fingerprint density at radius 3 is 2.95 bits per heavy atom. The molecule has 1 aromatic carbocycles. The van der Waals surface area contributed by atoms with Gasteiger partial charge in [-0.15, -0.1) is 0 Å². The summed E-state index contributed by atoms with van der Waals surface area (Å²) in [4.78, 5) is 12.8. The Morgan fingerprint density at radius 2 is 2.21 bits per heavy atom. The zero-order chi connectivity index (χ0) is 13.7. The number of likely N-dealkylation sites (tertiary alicyclic amines) is 1. The number of carbonyl (C=O) groups is 1. The van der Waals surface area contributed by atoms with Crippen molar-refractivity contribution in [3.05, 3.63) is 41.5 Å². The third kappa shape index (κ3) is 4.19. The van der Waals surface area contributed by atoms with Gasteiger partial charge in [0.15, 0.2) is 0 Å². The number of aliphatic hydroxyl groups is 1. The van der Waals surface area contributed by atoms with E-state index in [0.29, 0.717) is 6.54 Å². The largest absolute Gasteiger partial charge is 0.478 e. The maximum atomic E-state index is 10.6. The lowest BCUT2D eigenvalue weighted by Gasteiger charge is -2.30. The summed E-state index contributed by atoms with van der Waals surface area (Å²) in [6, 6.07) is 7.77. The summed E-state index contributed by atoms with van der Waals surface area (Å²) < 4.78 is 0. The average Bonchev–Trinajstić information content (AvgIpc) is 2.38. The molecule has 1 atom stereocenters. The Kier molecular flexibility index (Phi) is 4.71. The predicted octanol–water partition coefficient (Wildman–Crippen LogP) is 1.74. The number of carboxylic acids is 1. The summed E-state index contributed by atoms with van der Waals surface area (Å²) >= 11 is 0. The lowest BCUT2D eigenvalue weighted by atomic mass is 10.0. The molecule has 4 nitrogen and oxygen atoms in total. The average molecular weight is 261 g/mol. The fourth-order valence-corrected chi connectivity index (χ4v) is 2.42. The maximum absolute atomic E-state index is 10.6. The van der Waals surface area contributed by atoms with Crippen molar-refractivity contribution in [2.24, 2.45) is 0 Å². The lowest BCUT2D eigenvalue weighted by Crippen LogP contribution is -2.37. The Balaban J connectivity index is 2.09. The van der Waals surface area contributed by atoms with Gasteiger partial charge in [-0.25, -0.2) is 4.79 Å². The third-order valence-corrected chi connectivity index (χ3v) is 3.34. The SMILES string of the molecule is O=C(O)/C=C/c1ccccc1CN1CCCC(O)C1. The number of hydrogen-bond donors (Lipinski definition) is 2. The second-order valence-corrected chi connectivity index (χ2v) is 4.90. The van der Waals surface area contributed by atoms with Crippen molar-refractivity contribution in [1.82, 2.24) is 4.90 Å². The minimum atomic E-state index is -0.941. The van der Waals surface area contributed by atoms with Crippen LogP contribution in [-0.2, 0) is 11.3 Å². The van der Waals surface area contributed by atoms with Crippen LogP contribution < -0.4 is 0 Å². The minimum Gasteiger partial charge on any atom is -0.478 e. The molecule has 4 heteroatoms. The highest BCUT2D eigenvalue weighted by Crippen LogP contribution is 2.17. The number of piperidine rings is 1.